The van der Waals surface area contributed by atoms with E-state index in [0.29, 0.717) is 0 Å². The van der Waals surface area contributed by atoms with E-state index in [1.165, 1.54) is 26.0 Å². The Bertz CT molecular complexity index is 1950. The number of phenolic OH excluding ortho intramolecular Hbond substituents is 2. The van der Waals surface area contributed by atoms with E-state index in [1.54, 1.807) is 0 Å². The van der Waals surface area contributed by atoms with Crippen LogP contribution in [-0.4, -0.2) is 92.6 Å². The van der Waals surface area contributed by atoms with E-state index in [0.717, 1.165) is 27.2 Å². The smallest absolute Gasteiger partial charge is 0.359 e. The molecule has 2 aromatic rings. The second kappa shape index (κ2) is 11.3. The molecule has 0 radical (unpaired) electrons. The first-order valence-electron chi connectivity index (χ1n) is 15.2. The normalized spacial score (nSPS) is 27.1. The number of fused-ring (bicyclic) bond motifs is 4. The monoisotopic (exact) mass is 680 g/mol. The van der Waals surface area contributed by atoms with Crippen molar-refractivity contribution in [2.24, 2.45) is 5.92 Å². The van der Waals surface area contributed by atoms with Crippen molar-refractivity contribution in [3.8, 4) is 34.1 Å². The number of carbonyl (C=O) groups is 5. The summed E-state index contributed by atoms with van der Waals surface area (Å²) >= 11 is 0. The Morgan fingerprint density at radius 2 is 1.49 bits per heavy atom. The standard InChI is InChI=1S/C34H32O15/c1-12-11-19-23(28(42)24-17(37)8-9-20(39)33(24,48-19)31(43)45-4)26(40)21(12)15-6-7-16(36)22-27(41)25-18(38)10-13(2)30(47-14(3)35)34(25,32(44)46-5)49-29(15)22/h6-7,11,13,20,30,36,39-42H,8-10H2,1-5H3. The molecule has 2 aliphatic carbocycles. The molecule has 15 nitrogen and oxygen atoms in total. The van der Waals surface area contributed by atoms with Crippen molar-refractivity contribution >= 4 is 41.0 Å². The topological polar surface area (TPSA) is 233 Å². The number of benzene rings is 2. The third-order valence-corrected chi connectivity index (χ3v) is 9.46. The van der Waals surface area contributed by atoms with Gasteiger partial charge >= 0.3 is 17.9 Å². The first-order valence-corrected chi connectivity index (χ1v) is 15.2. The Labute approximate surface area is 277 Å². The predicted octanol–water partition coefficient (Wildman–Crippen LogP) is 2.48. The van der Waals surface area contributed by atoms with Crippen LogP contribution in [-0.2, 0) is 38.2 Å². The summed E-state index contributed by atoms with van der Waals surface area (Å²) < 4.78 is 27.7. The number of aromatic hydroxyl groups is 2. The van der Waals surface area contributed by atoms with Crippen molar-refractivity contribution in [2.75, 3.05) is 14.2 Å². The first-order chi connectivity index (χ1) is 23.1. The molecular formula is C34H32O15. The second-order valence-electron chi connectivity index (χ2n) is 12.3. The maximum Gasteiger partial charge on any atom is 0.359 e. The average Bonchev–Trinajstić information content (AvgIpc) is 3.04. The number of carbonyl (C=O) groups excluding carboxylic acids is 5. The third-order valence-electron chi connectivity index (χ3n) is 9.46. The van der Waals surface area contributed by atoms with E-state index < -0.39 is 110 Å². The van der Waals surface area contributed by atoms with Crippen molar-refractivity contribution < 1.29 is 73.2 Å². The summed E-state index contributed by atoms with van der Waals surface area (Å²) in [6.45, 7) is 4.09. The molecule has 2 heterocycles. The summed E-state index contributed by atoms with van der Waals surface area (Å²) in [4.78, 5) is 65.6. The van der Waals surface area contributed by atoms with E-state index in [2.05, 4.69) is 0 Å². The molecule has 15 heteroatoms. The Kier molecular flexibility index (Phi) is 7.66. The van der Waals surface area contributed by atoms with Crippen molar-refractivity contribution in [2.45, 2.75) is 63.4 Å². The summed E-state index contributed by atoms with van der Waals surface area (Å²) in [5.41, 5.74) is -7.19. The van der Waals surface area contributed by atoms with Crippen molar-refractivity contribution in [3.05, 3.63) is 46.0 Å². The van der Waals surface area contributed by atoms with E-state index >= 15 is 0 Å². The number of hydrogen-bond acceptors (Lipinski definition) is 15. The highest BCUT2D eigenvalue weighted by atomic mass is 16.6. The van der Waals surface area contributed by atoms with Gasteiger partial charge in [0.1, 0.15) is 51.7 Å². The molecule has 0 aromatic heterocycles. The minimum Gasteiger partial charge on any atom is -0.507 e. The summed E-state index contributed by atoms with van der Waals surface area (Å²) in [5.74, 6) is -9.34. The lowest BCUT2D eigenvalue weighted by Crippen LogP contribution is -2.65. The summed E-state index contributed by atoms with van der Waals surface area (Å²) in [7, 11) is 2.01. The van der Waals surface area contributed by atoms with Crippen molar-refractivity contribution in [1.82, 2.24) is 0 Å². The third kappa shape index (κ3) is 4.34. The van der Waals surface area contributed by atoms with Gasteiger partial charge < -0.3 is 49.2 Å². The zero-order valence-electron chi connectivity index (χ0n) is 26.9. The molecule has 6 rings (SSSR count). The number of hydrogen-bond donors (Lipinski definition) is 5. The molecule has 0 spiro atoms. The van der Waals surface area contributed by atoms with Crippen LogP contribution >= 0.6 is 0 Å². The molecule has 49 heavy (non-hydrogen) atoms. The van der Waals surface area contributed by atoms with Crippen LogP contribution in [0.1, 0.15) is 49.8 Å². The fraction of sp³-hybridized carbons (Fsp3) is 0.382. The van der Waals surface area contributed by atoms with Gasteiger partial charge in [0.2, 0.25) is 0 Å². The summed E-state index contributed by atoms with van der Waals surface area (Å²) in [5, 5.41) is 56.9. The minimum atomic E-state index is -2.56. The predicted molar refractivity (Wildman–Crippen MR) is 164 cm³/mol. The number of rotatable bonds is 4. The van der Waals surface area contributed by atoms with Gasteiger partial charge in [-0.25, -0.2) is 9.59 Å². The lowest BCUT2D eigenvalue weighted by atomic mass is 9.69. The first kappa shape index (κ1) is 33.3. The molecular weight excluding hydrogens is 648 g/mol. The fourth-order valence-electron chi connectivity index (χ4n) is 7.39. The van der Waals surface area contributed by atoms with Gasteiger partial charge in [-0.1, -0.05) is 6.92 Å². The highest BCUT2D eigenvalue weighted by Gasteiger charge is 2.65. The van der Waals surface area contributed by atoms with Crippen LogP contribution in [0.25, 0.3) is 22.6 Å². The number of ketones is 2. The van der Waals surface area contributed by atoms with Gasteiger partial charge in [-0.2, -0.15) is 0 Å². The van der Waals surface area contributed by atoms with Crippen LogP contribution in [0.5, 0.6) is 23.0 Å². The summed E-state index contributed by atoms with van der Waals surface area (Å²) in [6, 6.07) is 3.67. The van der Waals surface area contributed by atoms with E-state index in [-0.39, 0.29) is 41.7 Å². The van der Waals surface area contributed by atoms with Gasteiger partial charge in [-0.3, -0.25) is 14.4 Å². The molecule has 4 aliphatic rings. The number of aliphatic hydroxyl groups excluding tert-OH is 3. The lowest BCUT2D eigenvalue weighted by Gasteiger charge is -2.46. The Morgan fingerprint density at radius 1 is 0.878 bits per heavy atom. The molecule has 5 atom stereocenters. The van der Waals surface area contributed by atoms with Gasteiger partial charge in [-0.05, 0) is 37.1 Å². The molecule has 0 bridgehead atoms. The van der Waals surface area contributed by atoms with Crippen LogP contribution in [0.4, 0.5) is 0 Å². The quantitative estimate of drug-likeness (QED) is 0.231. The fourth-order valence-corrected chi connectivity index (χ4v) is 7.39. The van der Waals surface area contributed by atoms with Crippen LogP contribution in [0.3, 0.4) is 0 Å². The number of phenols is 2. The number of ether oxygens (including phenoxy) is 5. The largest absolute Gasteiger partial charge is 0.507 e. The minimum absolute atomic E-state index is 0.107. The van der Waals surface area contributed by atoms with Crippen LogP contribution in [0, 0.1) is 12.8 Å². The maximum atomic E-state index is 13.7. The number of methoxy groups -OCH3 is 2. The molecule has 258 valence electrons. The molecule has 2 aliphatic heterocycles. The molecule has 2 saturated carbocycles. The molecule has 2 fully saturated rings. The molecule has 0 amide bonds. The van der Waals surface area contributed by atoms with Gasteiger partial charge in [-0.15, -0.1) is 0 Å². The highest BCUT2D eigenvalue weighted by molar-refractivity contribution is 6.14. The number of aliphatic hydroxyl groups is 3. The average molecular weight is 681 g/mol. The second-order valence-corrected chi connectivity index (χ2v) is 12.3. The number of esters is 3. The number of aryl methyl sites for hydroxylation is 1. The molecule has 5 N–H and O–H groups in total. The van der Waals surface area contributed by atoms with E-state index in [4.69, 9.17) is 23.7 Å². The highest BCUT2D eigenvalue weighted by Crippen LogP contribution is 2.57. The van der Waals surface area contributed by atoms with Crippen LogP contribution < -0.4 is 9.47 Å². The van der Waals surface area contributed by atoms with Crippen LogP contribution in [0.2, 0.25) is 0 Å². The Balaban J connectivity index is 1.65. The SMILES string of the molecule is COC(=O)C12Oc3cc(C)c(-c4ccc(O)c5c4OC4(C(=O)OC)C(=C5O)C(=O)CC(C)C4OC(C)=O)c(O)c3C(O)=C1C(=O)CCC2O. The van der Waals surface area contributed by atoms with Crippen molar-refractivity contribution in [3.63, 3.8) is 0 Å². The van der Waals surface area contributed by atoms with E-state index in [1.807, 2.05) is 0 Å². The Hall–Kier alpha value is -5.57. The van der Waals surface area contributed by atoms with Gasteiger partial charge in [0.15, 0.2) is 17.7 Å². The molecule has 2 aromatic carbocycles. The molecule has 5 unspecified atom stereocenters. The van der Waals surface area contributed by atoms with Crippen molar-refractivity contribution in [1.29, 1.82) is 0 Å². The van der Waals surface area contributed by atoms with Gasteiger partial charge in [0.25, 0.3) is 11.2 Å². The van der Waals surface area contributed by atoms with Crippen LogP contribution in [0.15, 0.2) is 29.3 Å². The Morgan fingerprint density at radius 3 is 2.12 bits per heavy atom. The van der Waals surface area contributed by atoms with E-state index in [9.17, 15) is 49.5 Å². The summed E-state index contributed by atoms with van der Waals surface area (Å²) in [6.07, 6.45) is -3.83. The maximum absolute atomic E-state index is 13.7. The zero-order chi connectivity index (χ0) is 35.9. The van der Waals surface area contributed by atoms with Gasteiger partial charge in [0.05, 0.1) is 25.4 Å². The lowest BCUT2D eigenvalue weighted by molar-refractivity contribution is -0.185. The zero-order valence-corrected chi connectivity index (χ0v) is 26.9. The molecule has 0 saturated heterocycles. The van der Waals surface area contributed by atoms with Gasteiger partial charge in [0, 0.05) is 36.8 Å². The number of Topliss-reactive ketones (excluding diaryl/α,β-unsaturated/α-hetero) is 2.